The van der Waals surface area contributed by atoms with Gasteiger partial charge in [-0.15, -0.1) is 0 Å². The van der Waals surface area contributed by atoms with E-state index < -0.39 is 17.0 Å². The van der Waals surface area contributed by atoms with Gasteiger partial charge in [-0.2, -0.15) is 5.26 Å². The zero-order valence-electron chi connectivity index (χ0n) is 16.2. The Balaban J connectivity index is 1.83. The van der Waals surface area contributed by atoms with Crippen LogP contribution in [-0.4, -0.2) is 34.7 Å². The maximum Gasteiger partial charge on any atom is 0.308 e. The van der Waals surface area contributed by atoms with Crippen molar-refractivity contribution in [2.24, 2.45) is 0 Å². The molecule has 1 aliphatic heterocycles. The molecular formula is C21H17N5O4. The lowest BCUT2D eigenvalue weighted by Crippen LogP contribution is -2.34. The lowest BCUT2D eigenvalue weighted by molar-refractivity contribution is 0.0825. The quantitative estimate of drug-likeness (QED) is 0.540. The van der Waals surface area contributed by atoms with Crippen molar-refractivity contribution in [2.45, 2.75) is 6.54 Å². The Labute approximate surface area is 170 Å². The number of aromatic nitrogens is 2. The molecule has 9 heteroatoms. The summed E-state index contributed by atoms with van der Waals surface area (Å²) >= 11 is 0. The smallest absolute Gasteiger partial charge is 0.308 e. The predicted octanol–water partition coefficient (Wildman–Crippen LogP) is 2.01. The van der Waals surface area contributed by atoms with Crippen molar-refractivity contribution in [3.63, 3.8) is 0 Å². The number of H-pyrrole nitrogens is 1. The number of benzene rings is 2. The normalized spacial score (nSPS) is 11.4. The fourth-order valence-corrected chi connectivity index (χ4v) is 3.19. The second kappa shape index (κ2) is 7.25. The molecule has 30 heavy (non-hydrogen) atoms. The first-order chi connectivity index (χ1) is 14.4. The summed E-state index contributed by atoms with van der Waals surface area (Å²) in [6.07, 6.45) is 0. The number of aromatic amines is 1. The van der Waals surface area contributed by atoms with Gasteiger partial charge in [-0.1, -0.05) is 30.3 Å². The van der Waals surface area contributed by atoms with Crippen molar-refractivity contribution in [1.82, 2.24) is 14.7 Å². The molecule has 0 aliphatic carbocycles. The third-order valence-corrected chi connectivity index (χ3v) is 4.63. The van der Waals surface area contributed by atoms with Crippen molar-refractivity contribution >= 4 is 17.3 Å². The van der Waals surface area contributed by atoms with Crippen LogP contribution in [0.4, 0.5) is 11.4 Å². The topological polar surface area (TPSA) is 120 Å². The van der Waals surface area contributed by atoms with Crippen molar-refractivity contribution in [1.29, 1.82) is 5.26 Å². The molecule has 1 amide bonds. The van der Waals surface area contributed by atoms with Crippen LogP contribution in [0.2, 0.25) is 0 Å². The molecule has 0 unspecified atom stereocenters. The number of carbonyl (C=O) groups is 1. The van der Waals surface area contributed by atoms with Crippen LogP contribution in [-0.2, 0) is 6.54 Å². The first-order valence-corrected chi connectivity index (χ1v) is 9.04. The molecular weight excluding hydrogens is 386 g/mol. The number of rotatable bonds is 3. The largest absolute Gasteiger partial charge is 0.446 e. The Hall–Kier alpha value is -4.32. The van der Waals surface area contributed by atoms with Gasteiger partial charge in [0.05, 0.1) is 29.4 Å². The van der Waals surface area contributed by atoms with Gasteiger partial charge in [-0.3, -0.25) is 19.5 Å². The molecule has 0 saturated heterocycles. The van der Waals surface area contributed by atoms with Crippen molar-refractivity contribution in [3.05, 3.63) is 79.9 Å². The van der Waals surface area contributed by atoms with Crippen molar-refractivity contribution in [2.75, 3.05) is 19.4 Å². The molecule has 3 aromatic rings. The number of nitrogens with one attached hydrogen (secondary N) is 2. The number of fused-ring (bicyclic) bond motifs is 2. The molecule has 0 saturated carbocycles. The zero-order chi connectivity index (χ0) is 21.4. The lowest BCUT2D eigenvalue weighted by Gasteiger charge is -2.24. The minimum atomic E-state index is -0.619. The average molecular weight is 403 g/mol. The number of nitrogens with zero attached hydrogens (tertiary/aromatic N) is 3. The van der Waals surface area contributed by atoms with Gasteiger partial charge in [0.1, 0.15) is 0 Å². The number of hydrogen-bond acceptors (Lipinski definition) is 6. The number of hydrogen-bond donors (Lipinski definition) is 2. The Bertz CT molecular complexity index is 1320. The third kappa shape index (κ3) is 3.20. The highest BCUT2D eigenvalue weighted by atomic mass is 16.5. The highest BCUT2D eigenvalue weighted by molar-refractivity contribution is 6.00. The zero-order valence-corrected chi connectivity index (χ0v) is 16.2. The number of ether oxygens (including phenoxy) is 1. The number of nitriles is 1. The fraction of sp³-hybridized carbons (Fsp3) is 0.143. The molecule has 2 aromatic carbocycles. The van der Waals surface area contributed by atoms with Gasteiger partial charge < -0.3 is 15.0 Å². The van der Waals surface area contributed by atoms with Gasteiger partial charge in [0.2, 0.25) is 5.75 Å². The van der Waals surface area contributed by atoms with Gasteiger partial charge in [-0.05, 0) is 17.7 Å². The summed E-state index contributed by atoms with van der Waals surface area (Å²) in [4.78, 5) is 39.5. The van der Waals surface area contributed by atoms with Crippen LogP contribution >= 0.6 is 0 Å². The SMILES string of the molecule is CN(C)C(=O)c1cc(C#N)cc2c1Oc1c(c(=O)n(Cc3ccccc3)[nH]c1=O)N2. The van der Waals surface area contributed by atoms with E-state index in [1.807, 2.05) is 36.4 Å². The predicted molar refractivity (Wildman–Crippen MR) is 109 cm³/mol. The minimum absolute atomic E-state index is 0.0551. The monoisotopic (exact) mass is 403 g/mol. The van der Waals surface area contributed by atoms with Gasteiger partial charge >= 0.3 is 5.56 Å². The van der Waals surface area contributed by atoms with Gasteiger partial charge in [-0.25, -0.2) is 4.68 Å². The van der Waals surface area contributed by atoms with E-state index in [4.69, 9.17) is 4.74 Å². The molecule has 0 radical (unpaired) electrons. The highest BCUT2D eigenvalue weighted by Crippen LogP contribution is 2.41. The van der Waals surface area contributed by atoms with E-state index in [1.54, 1.807) is 14.1 Å². The maximum absolute atomic E-state index is 13.0. The van der Waals surface area contributed by atoms with Crippen LogP contribution in [0, 0.1) is 11.3 Å². The highest BCUT2D eigenvalue weighted by Gasteiger charge is 2.29. The van der Waals surface area contributed by atoms with Gasteiger partial charge in [0, 0.05) is 14.1 Å². The van der Waals surface area contributed by atoms with Gasteiger partial charge in [0.15, 0.2) is 11.4 Å². The molecule has 0 fully saturated rings. The van der Waals surface area contributed by atoms with E-state index in [0.717, 1.165) is 5.56 Å². The maximum atomic E-state index is 13.0. The summed E-state index contributed by atoms with van der Waals surface area (Å²) in [6.45, 7) is 0.166. The van der Waals surface area contributed by atoms with E-state index >= 15 is 0 Å². The molecule has 1 aromatic heterocycles. The Kier molecular flexibility index (Phi) is 4.60. The molecule has 0 atom stereocenters. The summed E-state index contributed by atoms with van der Waals surface area (Å²) in [5, 5.41) is 14.7. The molecule has 2 N–H and O–H groups in total. The van der Waals surface area contributed by atoms with E-state index in [1.165, 1.54) is 21.7 Å². The summed E-state index contributed by atoms with van der Waals surface area (Å²) in [5.41, 5.74) is 0.250. The molecule has 150 valence electrons. The van der Waals surface area contributed by atoms with Crippen LogP contribution in [0.5, 0.6) is 11.5 Å². The summed E-state index contributed by atoms with van der Waals surface area (Å²) in [6, 6.07) is 14.0. The van der Waals surface area contributed by atoms with E-state index in [2.05, 4.69) is 10.4 Å². The standard InChI is InChI=1S/C21H17N5O4/c1-25(2)20(28)14-8-13(10-22)9-15-17(14)30-18-16(23-15)21(29)26(24-19(18)27)11-12-6-4-3-5-7-12/h3-9,23H,11H2,1-2H3,(H,24,27). The summed E-state index contributed by atoms with van der Waals surface area (Å²) in [5.74, 6) is -0.539. The number of amides is 1. The van der Waals surface area contributed by atoms with Crippen LogP contribution in [0.1, 0.15) is 21.5 Å². The van der Waals surface area contributed by atoms with Crippen LogP contribution in [0.25, 0.3) is 0 Å². The Morgan fingerprint density at radius 1 is 1.17 bits per heavy atom. The second-order valence-electron chi connectivity index (χ2n) is 6.96. The molecule has 0 spiro atoms. The second-order valence-corrected chi connectivity index (χ2v) is 6.96. The van der Waals surface area contributed by atoms with Gasteiger partial charge in [0.25, 0.3) is 11.5 Å². The third-order valence-electron chi connectivity index (χ3n) is 4.63. The number of carbonyl (C=O) groups excluding carboxylic acids is 1. The van der Waals surface area contributed by atoms with Crippen LogP contribution < -0.4 is 21.2 Å². The minimum Gasteiger partial charge on any atom is -0.446 e. The van der Waals surface area contributed by atoms with Crippen molar-refractivity contribution < 1.29 is 9.53 Å². The van der Waals surface area contributed by atoms with Crippen molar-refractivity contribution in [3.8, 4) is 17.6 Å². The summed E-state index contributed by atoms with van der Waals surface area (Å²) < 4.78 is 6.90. The van der Waals surface area contributed by atoms with Crippen LogP contribution in [0.3, 0.4) is 0 Å². The van der Waals surface area contributed by atoms with E-state index in [-0.39, 0.29) is 40.5 Å². The first kappa shape index (κ1) is 19.0. The molecule has 1 aliphatic rings. The number of anilines is 2. The van der Waals surface area contributed by atoms with Crippen LogP contribution in [0.15, 0.2) is 52.1 Å². The van der Waals surface area contributed by atoms with E-state index in [0.29, 0.717) is 0 Å². The Morgan fingerprint density at radius 3 is 2.57 bits per heavy atom. The lowest BCUT2D eigenvalue weighted by atomic mass is 10.1. The summed E-state index contributed by atoms with van der Waals surface area (Å²) in [7, 11) is 3.13. The van der Waals surface area contributed by atoms with E-state index in [9.17, 15) is 19.6 Å². The average Bonchev–Trinajstić information content (AvgIpc) is 2.75. The molecule has 2 heterocycles. The Morgan fingerprint density at radius 2 is 1.90 bits per heavy atom. The fourth-order valence-electron chi connectivity index (χ4n) is 3.19. The first-order valence-electron chi connectivity index (χ1n) is 9.04. The molecule has 9 nitrogen and oxygen atoms in total. The molecule has 0 bridgehead atoms. The molecule has 4 rings (SSSR count).